The van der Waals surface area contributed by atoms with Crippen LogP contribution in [0.25, 0.3) is 0 Å². The van der Waals surface area contributed by atoms with Crippen molar-refractivity contribution in [3.8, 4) is 5.75 Å². The van der Waals surface area contributed by atoms with Crippen LogP contribution in [0.15, 0.2) is 30.3 Å². The van der Waals surface area contributed by atoms with E-state index in [-0.39, 0.29) is 6.03 Å². The molecule has 0 radical (unpaired) electrons. The molecule has 1 N–H and O–H groups in total. The molecule has 2 heterocycles. The highest BCUT2D eigenvalue weighted by Crippen LogP contribution is 2.14. The summed E-state index contributed by atoms with van der Waals surface area (Å²) in [6.07, 6.45) is 3.27. The number of aryl methyl sites for hydroxylation is 1. The van der Waals surface area contributed by atoms with Crippen molar-refractivity contribution in [2.45, 2.75) is 32.4 Å². The quantitative estimate of drug-likeness (QED) is 0.878. The van der Waals surface area contributed by atoms with Crippen molar-refractivity contribution in [3.05, 3.63) is 42.0 Å². The Morgan fingerprint density at radius 1 is 1.29 bits per heavy atom. The smallest absolute Gasteiger partial charge is 0.317 e. The van der Waals surface area contributed by atoms with E-state index in [9.17, 15) is 4.79 Å². The third-order valence-electron chi connectivity index (χ3n) is 4.12. The van der Waals surface area contributed by atoms with E-state index >= 15 is 0 Å². The van der Waals surface area contributed by atoms with Gasteiger partial charge < -0.3 is 19.5 Å². The highest BCUT2D eigenvalue weighted by Gasteiger charge is 2.16. The number of carbonyl (C=O) groups excluding carboxylic acids is 1. The second-order valence-corrected chi connectivity index (χ2v) is 5.88. The second kappa shape index (κ2) is 7.81. The minimum absolute atomic E-state index is 0.139. The number of para-hydroxylation sites is 1. The predicted octanol–water partition coefficient (Wildman–Crippen LogP) is 1.83. The van der Waals surface area contributed by atoms with E-state index in [0.717, 1.165) is 43.2 Å². The van der Waals surface area contributed by atoms with Crippen molar-refractivity contribution in [1.29, 1.82) is 0 Å². The van der Waals surface area contributed by atoms with Gasteiger partial charge in [-0.1, -0.05) is 18.2 Å². The van der Waals surface area contributed by atoms with Crippen LogP contribution < -0.4 is 10.1 Å². The first-order valence-corrected chi connectivity index (χ1v) is 8.32. The monoisotopic (exact) mass is 329 g/mol. The minimum Gasteiger partial charge on any atom is -0.492 e. The average Bonchev–Trinajstić information content (AvgIpc) is 3.03. The van der Waals surface area contributed by atoms with Crippen molar-refractivity contribution in [3.63, 3.8) is 0 Å². The molecule has 1 aliphatic heterocycles. The molecular weight excluding hydrogens is 306 g/mol. The number of ether oxygens (including phenoxy) is 1. The summed E-state index contributed by atoms with van der Waals surface area (Å²) in [4.78, 5) is 13.8. The van der Waals surface area contributed by atoms with Gasteiger partial charge in [-0.15, -0.1) is 10.2 Å². The van der Waals surface area contributed by atoms with E-state index < -0.39 is 0 Å². The van der Waals surface area contributed by atoms with Crippen molar-refractivity contribution >= 4 is 6.03 Å². The van der Waals surface area contributed by atoms with Crippen molar-refractivity contribution in [2.75, 3.05) is 20.2 Å². The third kappa shape index (κ3) is 4.04. The Labute approximate surface area is 141 Å². The Bertz CT molecular complexity index is 671. The molecule has 0 saturated carbocycles. The summed E-state index contributed by atoms with van der Waals surface area (Å²) >= 11 is 0. The summed E-state index contributed by atoms with van der Waals surface area (Å²) in [5.74, 6) is 2.66. The summed E-state index contributed by atoms with van der Waals surface area (Å²) in [5, 5.41) is 11.3. The molecule has 0 spiro atoms. The Balaban J connectivity index is 1.42. The zero-order valence-electron chi connectivity index (χ0n) is 13.9. The summed E-state index contributed by atoms with van der Waals surface area (Å²) in [6, 6.07) is 9.44. The summed E-state index contributed by atoms with van der Waals surface area (Å²) in [7, 11) is 1.75. The molecule has 0 saturated heterocycles. The number of urea groups is 1. The molecule has 7 heteroatoms. The molecule has 1 aliphatic rings. The van der Waals surface area contributed by atoms with Gasteiger partial charge in [-0.05, 0) is 25.0 Å². The highest BCUT2D eigenvalue weighted by atomic mass is 16.5. The lowest BCUT2D eigenvalue weighted by molar-refractivity contribution is 0.194. The number of amides is 2. The molecule has 24 heavy (non-hydrogen) atoms. The van der Waals surface area contributed by atoms with Gasteiger partial charge in [-0.2, -0.15) is 0 Å². The molecule has 2 aromatic rings. The predicted molar refractivity (Wildman–Crippen MR) is 89.8 cm³/mol. The fourth-order valence-corrected chi connectivity index (χ4v) is 2.71. The lowest BCUT2D eigenvalue weighted by atomic mass is 10.2. The molecule has 0 unspecified atom stereocenters. The van der Waals surface area contributed by atoms with Gasteiger partial charge in [0, 0.05) is 20.0 Å². The number of likely N-dealkylation sites (N-methyl/N-ethyl adjacent to an activating group) is 1. The lowest BCUT2D eigenvalue weighted by Gasteiger charge is -2.19. The molecule has 0 bridgehead atoms. The summed E-state index contributed by atoms with van der Waals surface area (Å²) in [5.41, 5.74) is 0. The van der Waals surface area contributed by atoms with Crippen LogP contribution in [0.3, 0.4) is 0 Å². The minimum atomic E-state index is -0.139. The number of hydrogen-bond acceptors (Lipinski definition) is 4. The highest BCUT2D eigenvalue weighted by molar-refractivity contribution is 5.73. The van der Waals surface area contributed by atoms with Crippen molar-refractivity contribution < 1.29 is 9.53 Å². The van der Waals surface area contributed by atoms with Gasteiger partial charge in [-0.25, -0.2) is 4.79 Å². The van der Waals surface area contributed by atoms with Crippen molar-refractivity contribution in [2.24, 2.45) is 0 Å². The van der Waals surface area contributed by atoms with Crippen molar-refractivity contribution in [1.82, 2.24) is 25.0 Å². The normalized spacial score (nSPS) is 13.2. The van der Waals surface area contributed by atoms with Gasteiger partial charge in [0.1, 0.15) is 18.2 Å². The number of fused-ring (bicyclic) bond motifs is 1. The van der Waals surface area contributed by atoms with E-state index in [2.05, 4.69) is 20.1 Å². The van der Waals surface area contributed by atoms with Gasteiger partial charge >= 0.3 is 6.03 Å². The van der Waals surface area contributed by atoms with Gasteiger partial charge in [-0.3, -0.25) is 0 Å². The van der Waals surface area contributed by atoms with Crippen LogP contribution in [0, 0.1) is 0 Å². The Kier molecular flexibility index (Phi) is 5.30. The van der Waals surface area contributed by atoms with Crippen LogP contribution in [0.4, 0.5) is 4.79 Å². The van der Waals surface area contributed by atoms with Gasteiger partial charge in [0.05, 0.1) is 13.1 Å². The summed E-state index contributed by atoms with van der Waals surface area (Å²) < 4.78 is 7.72. The molecule has 7 nitrogen and oxygen atoms in total. The number of nitrogens with one attached hydrogen (secondary N) is 1. The van der Waals surface area contributed by atoms with E-state index in [1.54, 1.807) is 11.9 Å². The molecule has 128 valence electrons. The molecular formula is C17H23N5O2. The maximum Gasteiger partial charge on any atom is 0.317 e. The molecule has 0 fully saturated rings. The van der Waals surface area contributed by atoms with Crippen LogP contribution in [-0.2, 0) is 19.5 Å². The lowest BCUT2D eigenvalue weighted by Crippen LogP contribution is -2.39. The van der Waals surface area contributed by atoms with Crippen LogP contribution in [0.1, 0.15) is 24.5 Å². The SMILES string of the molecule is CN(CCOc1ccccc1)C(=O)NCc1nnc2n1CCCC2. The first-order valence-electron chi connectivity index (χ1n) is 8.32. The zero-order valence-corrected chi connectivity index (χ0v) is 13.9. The number of hydrogen-bond donors (Lipinski definition) is 1. The molecule has 2 amide bonds. The van der Waals surface area contributed by atoms with E-state index in [0.29, 0.717) is 19.7 Å². The number of carbonyl (C=O) groups is 1. The van der Waals surface area contributed by atoms with Gasteiger partial charge in [0.15, 0.2) is 5.82 Å². The number of benzene rings is 1. The molecule has 0 aliphatic carbocycles. The number of rotatable bonds is 6. The standard InChI is InChI=1S/C17H23N5O2/c1-21(11-12-24-14-7-3-2-4-8-14)17(23)18-13-16-20-19-15-9-5-6-10-22(15)16/h2-4,7-8H,5-6,9-13H2,1H3,(H,18,23). The van der Waals surface area contributed by atoms with Gasteiger partial charge in [0.25, 0.3) is 0 Å². The average molecular weight is 329 g/mol. The maximum absolute atomic E-state index is 12.2. The van der Waals surface area contributed by atoms with E-state index in [1.165, 1.54) is 0 Å². The zero-order chi connectivity index (χ0) is 16.8. The Hall–Kier alpha value is -2.57. The fraction of sp³-hybridized carbons (Fsp3) is 0.471. The van der Waals surface area contributed by atoms with Crippen LogP contribution >= 0.6 is 0 Å². The first kappa shape index (κ1) is 16.3. The first-order chi connectivity index (χ1) is 11.7. The Morgan fingerprint density at radius 2 is 2.12 bits per heavy atom. The maximum atomic E-state index is 12.2. The van der Waals surface area contributed by atoms with E-state index in [4.69, 9.17) is 4.74 Å². The second-order valence-electron chi connectivity index (χ2n) is 5.88. The van der Waals surface area contributed by atoms with Crippen LogP contribution in [0.2, 0.25) is 0 Å². The Morgan fingerprint density at radius 3 is 2.96 bits per heavy atom. The fourth-order valence-electron chi connectivity index (χ4n) is 2.71. The molecule has 1 aromatic heterocycles. The van der Waals surface area contributed by atoms with Crippen LogP contribution in [-0.4, -0.2) is 45.9 Å². The largest absolute Gasteiger partial charge is 0.492 e. The van der Waals surface area contributed by atoms with E-state index in [1.807, 2.05) is 30.3 Å². The van der Waals surface area contributed by atoms with Gasteiger partial charge in [0.2, 0.25) is 0 Å². The third-order valence-corrected chi connectivity index (χ3v) is 4.12. The number of aromatic nitrogens is 3. The van der Waals surface area contributed by atoms with Crippen LogP contribution in [0.5, 0.6) is 5.75 Å². The topological polar surface area (TPSA) is 72.3 Å². The molecule has 1 aromatic carbocycles. The molecule has 0 atom stereocenters. The molecule has 3 rings (SSSR count). The summed E-state index contributed by atoms with van der Waals surface area (Å²) in [6.45, 7) is 2.30. The number of nitrogens with zero attached hydrogens (tertiary/aromatic N) is 4.